The van der Waals surface area contributed by atoms with Crippen LogP contribution in [0.15, 0.2) is 42.2 Å². The number of rotatable bonds is 6. The number of thiazole rings is 1. The Bertz CT molecular complexity index is 1470. The van der Waals surface area contributed by atoms with Gasteiger partial charge in [-0.3, -0.25) is 4.90 Å². The van der Waals surface area contributed by atoms with E-state index in [0.717, 1.165) is 64.5 Å². The first-order valence-corrected chi connectivity index (χ1v) is 14.0. The van der Waals surface area contributed by atoms with Crippen LogP contribution in [0.4, 0.5) is 16.3 Å². The monoisotopic (exact) mass is 531 g/mol. The zero-order chi connectivity index (χ0) is 26.1. The van der Waals surface area contributed by atoms with Gasteiger partial charge in [0.15, 0.2) is 0 Å². The lowest BCUT2D eigenvalue weighted by Crippen LogP contribution is -2.55. The van der Waals surface area contributed by atoms with E-state index < -0.39 is 0 Å². The zero-order valence-corrected chi connectivity index (χ0v) is 22.5. The molecule has 6 rings (SSSR count). The first-order valence-electron chi connectivity index (χ1n) is 13.2. The van der Waals surface area contributed by atoms with Crippen LogP contribution in [-0.2, 0) is 0 Å². The molecule has 198 valence electrons. The Hall–Kier alpha value is -3.54. The SMILES string of the molecule is CC1CN(CCNC(=O)N2CC=C(c3cc4c(Nc5ccc6ncsc6c5)ncnc4[nH]3)CC2)C[C@@H](C)N1. The molecular weight excluding hydrogens is 498 g/mol. The number of nitrogens with zero attached hydrogens (tertiary/aromatic N) is 5. The smallest absolute Gasteiger partial charge is 0.317 e. The molecule has 1 unspecified atom stereocenters. The maximum absolute atomic E-state index is 12.8. The highest BCUT2D eigenvalue weighted by Crippen LogP contribution is 2.30. The van der Waals surface area contributed by atoms with Gasteiger partial charge in [-0.05, 0) is 50.1 Å². The van der Waals surface area contributed by atoms with Crippen molar-refractivity contribution in [2.45, 2.75) is 32.4 Å². The van der Waals surface area contributed by atoms with Crippen molar-refractivity contribution < 1.29 is 4.79 Å². The van der Waals surface area contributed by atoms with E-state index in [2.05, 4.69) is 72.8 Å². The average molecular weight is 532 g/mol. The van der Waals surface area contributed by atoms with Gasteiger partial charge in [-0.15, -0.1) is 11.3 Å². The summed E-state index contributed by atoms with van der Waals surface area (Å²) in [5.74, 6) is 0.757. The molecule has 5 heterocycles. The third kappa shape index (κ3) is 5.35. The molecule has 10 nitrogen and oxygen atoms in total. The number of nitrogens with one attached hydrogen (secondary N) is 4. The van der Waals surface area contributed by atoms with Gasteiger partial charge in [0, 0.05) is 62.7 Å². The van der Waals surface area contributed by atoms with Gasteiger partial charge in [-0.2, -0.15) is 0 Å². The summed E-state index contributed by atoms with van der Waals surface area (Å²) in [6, 6.07) is 9.17. The zero-order valence-electron chi connectivity index (χ0n) is 21.7. The van der Waals surface area contributed by atoms with Gasteiger partial charge in [0.25, 0.3) is 0 Å². The molecular formula is C27H33N9OS. The topological polar surface area (TPSA) is 114 Å². The van der Waals surface area contributed by atoms with E-state index in [1.165, 1.54) is 5.57 Å². The van der Waals surface area contributed by atoms with E-state index in [1.54, 1.807) is 17.7 Å². The predicted molar refractivity (Wildman–Crippen MR) is 153 cm³/mol. The van der Waals surface area contributed by atoms with Crippen molar-refractivity contribution >= 4 is 55.7 Å². The summed E-state index contributed by atoms with van der Waals surface area (Å²) in [6.45, 7) is 9.26. The molecule has 0 spiro atoms. The molecule has 2 atom stereocenters. The number of aromatic amines is 1. The number of carbonyl (C=O) groups is 1. The van der Waals surface area contributed by atoms with Crippen LogP contribution in [0.1, 0.15) is 26.0 Å². The number of hydrogen-bond acceptors (Lipinski definition) is 8. The molecule has 2 amide bonds. The standard InChI is InChI=1S/C27H33N9OS/c1-17-13-35(14-18(2)32-17)10-7-28-27(37)36-8-5-19(6-9-36)23-12-21-25(29-15-30-26(21)34-23)33-20-3-4-22-24(11-20)38-16-31-22/h3-5,11-12,15-18,32H,6-10,13-14H2,1-2H3,(H,28,37)(H2,29,30,33,34)/t17-,18?/m1/s1. The van der Waals surface area contributed by atoms with Crippen LogP contribution < -0.4 is 16.0 Å². The number of anilines is 2. The van der Waals surface area contributed by atoms with E-state index in [1.807, 2.05) is 22.5 Å². The summed E-state index contributed by atoms with van der Waals surface area (Å²) in [5, 5.41) is 11.0. The molecule has 0 radical (unpaired) electrons. The van der Waals surface area contributed by atoms with Crippen molar-refractivity contribution in [1.82, 2.24) is 40.4 Å². The second-order valence-corrected chi connectivity index (χ2v) is 11.1. The molecule has 4 N–H and O–H groups in total. The molecule has 2 aliphatic rings. The normalized spacial score (nSPS) is 20.6. The lowest BCUT2D eigenvalue weighted by atomic mass is 10.1. The average Bonchev–Trinajstić information content (AvgIpc) is 3.56. The molecule has 1 aromatic carbocycles. The highest BCUT2D eigenvalue weighted by atomic mass is 32.1. The predicted octanol–water partition coefficient (Wildman–Crippen LogP) is 3.79. The van der Waals surface area contributed by atoms with Gasteiger partial charge in [0.1, 0.15) is 17.8 Å². The van der Waals surface area contributed by atoms with Crippen molar-refractivity contribution in [2.24, 2.45) is 0 Å². The van der Waals surface area contributed by atoms with E-state index in [4.69, 9.17) is 0 Å². The highest BCUT2D eigenvalue weighted by molar-refractivity contribution is 7.16. The third-order valence-corrected chi connectivity index (χ3v) is 7.99. The number of urea groups is 1. The number of piperazine rings is 1. The Morgan fingerprint density at radius 2 is 2.03 bits per heavy atom. The number of carbonyl (C=O) groups excluding carboxylic acids is 1. The van der Waals surface area contributed by atoms with Crippen molar-refractivity contribution in [1.29, 1.82) is 0 Å². The first-order chi connectivity index (χ1) is 18.5. The molecule has 0 aliphatic carbocycles. The minimum absolute atomic E-state index is 0.00319. The Labute approximate surface area is 225 Å². The second kappa shape index (κ2) is 10.7. The molecule has 1 saturated heterocycles. The van der Waals surface area contributed by atoms with Crippen LogP contribution >= 0.6 is 11.3 Å². The van der Waals surface area contributed by atoms with E-state index in [-0.39, 0.29) is 6.03 Å². The largest absolute Gasteiger partial charge is 0.340 e. The molecule has 2 aliphatic heterocycles. The lowest BCUT2D eigenvalue weighted by Gasteiger charge is -2.36. The van der Waals surface area contributed by atoms with Crippen LogP contribution in [0, 0.1) is 0 Å². The second-order valence-electron chi connectivity index (χ2n) is 10.2. The van der Waals surface area contributed by atoms with Gasteiger partial charge in [-0.25, -0.2) is 19.7 Å². The maximum Gasteiger partial charge on any atom is 0.317 e. The van der Waals surface area contributed by atoms with E-state index in [0.29, 0.717) is 31.7 Å². The minimum atomic E-state index is 0.00319. The molecule has 38 heavy (non-hydrogen) atoms. The van der Waals surface area contributed by atoms with Gasteiger partial charge in [0.05, 0.1) is 21.1 Å². The van der Waals surface area contributed by atoms with E-state index in [9.17, 15) is 4.79 Å². The number of aromatic nitrogens is 4. The molecule has 0 saturated carbocycles. The fourth-order valence-corrected chi connectivity index (χ4v) is 6.15. The van der Waals surface area contributed by atoms with Gasteiger partial charge in [0.2, 0.25) is 0 Å². The Balaban J connectivity index is 1.08. The first kappa shape index (κ1) is 24.8. The Kier molecular flexibility index (Phi) is 6.96. The summed E-state index contributed by atoms with van der Waals surface area (Å²) < 4.78 is 1.13. The van der Waals surface area contributed by atoms with E-state index >= 15 is 0 Å². The van der Waals surface area contributed by atoms with Crippen molar-refractivity contribution in [3.8, 4) is 0 Å². The molecule has 3 aromatic heterocycles. The Morgan fingerprint density at radius 3 is 2.84 bits per heavy atom. The van der Waals surface area contributed by atoms with Gasteiger partial charge in [-0.1, -0.05) is 6.08 Å². The summed E-state index contributed by atoms with van der Waals surface area (Å²) in [5.41, 5.74) is 6.80. The van der Waals surface area contributed by atoms with Crippen molar-refractivity contribution in [3.05, 3.63) is 47.9 Å². The minimum Gasteiger partial charge on any atom is -0.340 e. The molecule has 0 bridgehead atoms. The summed E-state index contributed by atoms with van der Waals surface area (Å²) in [7, 11) is 0. The van der Waals surface area contributed by atoms with Crippen LogP contribution in [-0.4, -0.2) is 87.1 Å². The van der Waals surface area contributed by atoms with Crippen molar-refractivity contribution in [3.63, 3.8) is 0 Å². The van der Waals surface area contributed by atoms with Gasteiger partial charge < -0.3 is 25.8 Å². The highest BCUT2D eigenvalue weighted by Gasteiger charge is 2.22. The number of fused-ring (bicyclic) bond motifs is 2. The maximum atomic E-state index is 12.8. The molecule has 1 fully saturated rings. The van der Waals surface area contributed by atoms with Crippen molar-refractivity contribution in [2.75, 3.05) is 44.6 Å². The summed E-state index contributed by atoms with van der Waals surface area (Å²) in [4.78, 5) is 33.8. The van der Waals surface area contributed by atoms with Crippen LogP contribution in [0.25, 0.3) is 26.8 Å². The molecule has 4 aromatic rings. The Morgan fingerprint density at radius 1 is 1.16 bits per heavy atom. The lowest BCUT2D eigenvalue weighted by molar-refractivity contribution is 0.170. The fraction of sp³-hybridized carbons (Fsp3) is 0.407. The fourth-order valence-electron chi connectivity index (χ4n) is 5.44. The van der Waals surface area contributed by atoms with Crippen LogP contribution in [0.2, 0.25) is 0 Å². The molecule has 11 heteroatoms. The number of hydrogen-bond donors (Lipinski definition) is 4. The summed E-state index contributed by atoms with van der Waals surface area (Å²) >= 11 is 1.62. The van der Waals surface area contributed by atoms with Crippen LogP contribution in [0.5, 0.6) is 0 Å². The quantitative estimate of drug-likeness (QED) is 0.299. The number of amides is 2. The number of H-pyrrole nitrogens is 1. The third-order valence-electron chi connectivity index (χ3n) is 7.20. The number of benzene rings is 1. The summed E-state index contributed by atoms with van der Waals surface area (Å²) in [6.07, 6.45) is 4.48. The van der Waals surface area contributed by atoms with Gasteiger partial charge >= 0.3 is 6.03 Å². The van der Waals surface area contributed by atoms with Crippen LogP contribution in [0.3, 0.4) is 0 Å².